The molecule has 0 fully saturated rings. The number of halogens is 1. The second-order valence-corrected chi connectivity index (χ2v) is 4.89. The number of fused-ring (bicyclic) bond motifs is 1. The summed E-state index contributed by atoms with van der Waals surface area (Å²) in [5.74, 6) is -0.734. The largest absolute Gasteiger partial charge is 0.334 e. The fraction of sp³-hybridized carbons (Fsp3) is 0.250. The maximum atomic E-state index is 13.7. The van der Waals surface area contributed by atoms with Crippen molar-refractivity contribution in [2.75, 3.05) is 0 Å². The van der Waals surface area contributed by atoms with Gasteiger partial charge in [-0.05, 0) is 30.9 Å². The van der Waals surface area contributed by atoms with Gasteiger partial charge in [-0.15, -0.1) is 0 Å². The lowest BCUT2D eigenvalue weighted by atomic mass is 9.98. The van der Waals surface area contributed by atoms with Crippen LogP contribution in [0, 0.1) is 17.1 Å². The summed E-state index contributed by atoms with van der Waals surface area (Å²) in [5, 5.41) is 12.8. The second-order valence-electron chi connectivity index (χ2n) is 4.89. The first kappa shape index (κ1) is 14.0. The van der Waals surface area contributed by atoms with Crippen LogP contribution in [0.5, 0.6) is 0 Å². The van der Waals surface area contributed by atoms with Gasteiger partial charge in [0.05, 0.1) is 6.07 Å². The maximum Gasteiger partial charge on any atom is 0.253 e. The molecular weight excluding hydrogens is 255 g/mol. The molecule has 3 nitrogen and oxygen atoms in total. The lowest BCUT2D eigenvalue weighted by Crippen LogP contribution is -2.44. The minimum atomic E-state index is -0.924. The monoisotopic (exact) mass is 270 g/mol. The zero-order chi connectivity index (χ0) is 14.8. The van der Waals surface area contributed by atoms with E-state index >= 15 is 0 Å². The standard InChI is InChI=1S/C16H15FN2O/c1-3-16(2,10-18)19-15(20)13-8-9-14(17)12-7-5-4-6-11(12)13/h4-9H,3H2,1-2H3,(H,19,20). The lowest BCUT2D eigenvalue weighted by molar-refractivity contribution is 0.0924. The fourth-order valence-electron chi connectivity index (χ4n) is 1.97. The zero-order valence-electron chi connectivity index (χ0n) is 11.4. The molecule has 0 heterocycles. The van der Waals surface area contributed by atoms with Crippen LogP contribution in [0.15, 0.2) is 36.4 Å². The molecule has 0 aliphatic heterocycles. The number of rotatable bonds is 3. The molecule has 2 aromatic carbocycles. The number of benzene rings is 2. The molecule has 1 N–H and O–H groups in total. The number of nitrogens with one attached hydrogen (secondary N) is 1. The van der Waals surface area contributed by atoms with Crippen molar-refractivity contribution in [1.82, 2.24) is 5.32 Å². The van der Waals surface area contributed by atoms with E-state index in [1.165, 1.54) is 12.1 Å². The Morgan fingerprint density at radius 3 is 2.55 bits per heavy atom. The Kier molecular flexibility index (Phi) is 3.71. The summed E-state index contributed by atoms with van der Waals surface area (Å²) in [6, 6.07) is 11.6. The van der Waals surface area contributed by atoms with Crippen molar-refractivity contribution in [2.45, 2.75) is 25.8 Å². The predicted octanol–water partition coefficient (Wildman–Crippen LogP) is 3.40. The zero-order valence-corrected chi connectivity index (χ0v) is 11.4. The van der Waals surface area contributed by atoms with E-state index in [4.69, 9.17) is 5.26 Å². The highest BCUT2D eigenvalue weighted by Gasteiger charge is 2.25. The van der Waals surface area contributed by atoms with Gasteiger partial charge in [-0.3, -0.25) is 4.79 Å². The Hall–Kier alpha value is -2.41. The molecule has 20 heavy (non-hydrogen) atoms. The minimum Gasteiger partial charge on any atom is -0.334 e. The van der Waals surface area contributed by atoms with Crippen LogP contribution in [0.4, 0.5) is 4.39 Å². The van der Waals surface area contributed by atoms with Crippen molar-refractivity contribution in [1.29, 1.82) is 5.26 Å². The van der Waals surface area contributed by atoms with E-state index < -0.39 is 5.54 Å². The molecule has 1 amide bonds. The number of carbonyl (C=O) groups excluding carboxylic acids is 1. The summed E-state index contributed by atoms with van der Waals surface area (Å²) in [7, 11) is 0. The molecule has 4 heteroatoms. The number of amides is 1. The van der Waals surface area contributed by atoms with Gasteiger partial charge in [0.2, 0.25) is 0 Å². The van der Waals surface area contributed by atoms with Gasteiger partial charge in [0.15, 0.2) is 0 Å². The first-order valence-electron chi connectivity index (χ1n) is 6.42. The third-order valence-corrected chi connectivity index (χ3v) is 3.46. The molecule has 0 aromatic heterocycles. The smallest absolute Gasteiger partial charge is 0.253 e. The number of hydrogen-bond donors (Lipinski definition) is 1. The normalized spacial score (nSPS) is 13.5. The number of hydrogen-bond acceptors (Lipinski definition) is 2. The molecule has 2 rings (SSSR count). The van der Waals surface area contributed by atoms with Crippen molar-refractivity contribution >= 4 is 16.7 Å². The van der Waals surface area contributed by atoms with Crippen molar-refractivity contribution < 1.29 is 9.18 Å². The summed E-state index contributed by atoms with van der Waals surface area (Å²) in [6.07, 6.45) is 0.494. The average molecular weight is 270 g/mol. The van der Waals surface area contributed by atoms with Gasteiger partial charge in [-0.1, -0.05) is 31.2 Å². The van der Waals surface area contributed by atoms with E-state index in [0.717, 1.165) is 0 Å². The first-order valence-corrected chi connectivity index (χ1v) is 6.42. The molecule has 0 saturated heterocycles. The second kappa shape index (κ2) is 5.30. The Morgan fingerprint density at radius 1 is 1.30 bits per heavy atom. The van der Waals surface area contributed by atoms with E-state index in [1.54, 1.807) is 31.2 Å². The Balaban J connectivity index is 2.47. The van der Waals surface area contributed by atoms with E-state index in [9.17, 15) is 9.18 Å². The van der Waals surface area contributed by atoms with E-state index in [0.29, 0.717) is 22.8 Å². The summed E-state index contributed by atoms with van der Waals surface area (Å²) in [5.41, 5.74) is -0.552. The third-order valence-electron chi connectivity index (χ3n) is 3.46. The van der Waals surface area contributed by atoms with Crippen LogP contribution < -0.4 is 5.32 Å². The van der Waals surface area contributed by atoms with Crippen molar-refractivity contribution in [3.63, 3.8) is 0 Å². The lowest BCUT2D eigenvalue weighted by Gasteiger charge is -2.21. The third kappa shape index (κ3) is 2.48. The van der Waals surface area contributed by atoms with E-state index in [2.05, 4.69) is 11.4 Å². The van der Waals surface area contributed by atoms with Crippen molar-refractivity contribution in [3.8, 4) is 6.07 Å². The minimum absolute atomic E-state index is 0.365. The molecular formula is C16H15FN2O. The Morgan fingerprint density at radius 2 is 1.95 bits per heavy atom. The number of nitrogens with zero attached hydrogens (tertiary/aromatic N) is 1. The van der Waals surface area contributed by atoms with Crippen LogP contribution >= 0.6 is 0 Å². The Labute approximate surface area is 117 Å². The summed E-state index contributed by atoms with van der Waals surface area (Å²) in [6.45, 7) is 3.49. The molecule has 1 unspecified atom stereocenters. The van der Waals surface area contributed by atoms with Crippen LogP contribution in [0.1, 0.15) is 30.6 Å². The molecule has 0 aliphatic rings. The Bertz CT molecular complexity index is 705. The van der Waals surface area contributed by atoms with Crippen LogP contribution in [0.2, 0.25) is 0 Å². The van der Waals surface area contributed by atoms with E-state index in [1.807, 2.05) is 6.92 Å². The highest BCUT2D eigenvalue weighted by Crippen LogP contribution is 2.22. The summed E-state index contributed by atoms with van der Waals surface area (Å²) < 4.78 is 13.7. The highest BCUT2D eigenvalue weighted by molar-refractivity contribution is 6.07. The molecule has 0 saturated carbocycles. The molecule has 0 aliphatic carbocycles. The van der Waals surface area contributed by atoms with Crippen LogP contribution in [-0.2, 0) is 0 Å². The quantitative estimate of drug-likeness (QED) is 0.929. The molecule has 0 radical (unpaired) electrons. The molecule has 2 aromatic rings. The summed E-state index contributed by atoms with van der Waals surface area (Å²) >= 11 is 0. The first-order chi connectivity index (χ1) is 9.50. The number of carbonyl (C=O) groups is 1. The van der Waals surface area contributed by atoms with Gasteiger partial charge < -0.3 is 5.32 Å². The molecule has 102 valence electrons. The van der Waals surface area contributed by atoms with Crippen LogP contribution in [-0.4, -0.2) is 11.4 Å². The highest BCUT2D eigenvalue weighted by atomic mass is 19.1. The molecule has 0 spiro atoms. The molecule has 0 bridgehead atoms. The van der Waals surface area contributed by atoms with Crippen molar-refractivity contribution in [2.24, 2.45) is 0 Å². The summed E-state index contributed by atoms with van der Waals surface area (Å²) in [4.78, 5) is 12.3. The van der Waals surface area contributed by atoms with E-state index in [-0.39, 0.29) is 11.7 Å². The van der Waals surface area contributed by atoms with Gasteiger partial charge in [-0.25, -0.2) is 4.39 Å². The maximum absolute atomic E-state index is 13.7. The van der Waals surface area contributed by atoms with Gasteiger partial charge >= 0.3 is 0 Å². The van der Waals surface area contributed by atoms with Crippen LogP contribution in [0.3, 0.4) is 0 Å². The van der Waals surface area contributed by atoms with Gasteiger partial charge in [-0.2, -0.15) is 5.26 Å². The average Bonchev–Trinajstić information content (AvgIpc) is 2.47. The number of nitriles is 1. The van der Waals surface area contributed by atoms with Gasteiger partial charge in [0.1, 0.15) is 11.4 Å². The van der Waals surface area contributed by atoms with Gasteiger partial charge in [0, 0.05) is 10.9 Å². The van der Waals surface area contributed by atoms with Gasteiger partial charge in [0.25, 0.3) is 5.91 Å². The van der Waals surface area contributed by atoms with Crippen molar-refractivity contribution in [3.05, 3.63) is 47.8 Å². The fourth-order valence-corrected chi connectivity index (χ4v) is 1.97. The van der Waals surface area contributed by atoms with Crippen LogP contribution in [0.25, 0.3) is 10.8 Å². The SMILES string of the molecule is CCC(C)(C#N)NC(=O)c1ccc(F)c2ccccc12. The topological polar surface area (TPSA) is 52.9 Å². The molecule has 1 atom stereocenters. The predicted molar refractivity (Wildman–Crippen MR) is 75.7 cm³/mol.